The molecule has 4 amide bonds. The van der Waals surface area contributed by atoms with E-state index in [0.717, 1.165) is 17.5 Å². The Labute approximate surface area is 255 Å². The number of ketones is 1. The Bertz CT molecular complexity index is 1230. The van der Waals surface area contributed by atoms with E-state index in [9.17, 15) is 24.0 Å². The van der Waals surface area contributed by atoms with Crippen molar-refractivity contribution in [2.45, 2.75) is 84.1 Å². The van der Waals surface area contributed by atoms with E-state index < -0.39 is 12.0 Å². The number of carbonyl (C=O) groups is 5. The number of hydrogen-bond donors (Lipinski definition) is 3. The van der Waals surface area contributed by atoms with Gasteiger partial charge in [-0.25, -0.2) is 0 Å². The van der Waals surface area contributed by atoms with Crippen molar-refractivity contribution >= 4 is 35.1 Å². The minimum absolute atomic E-state index is 0.0261. The lowest BCUT2D eigenvalue weighted by atomic mass is 9.91. The number of rotatable bonds is 18. The summed E-state index contributed by atoms with van der Waals surface area (Å²) in [7, 11) is 0. The van der Waals surface area contributed by atoms with Crippen LogP contribution in [0.5, 0.6) is 0 Å². The van der Waals surface area contributed by atoms with Gasteiger partial charge in [0.2, 0.25) is 23.6 Å². The molecule has 4 N–H and O–H groups in total. The van der Waals surface area contributed by atoms with Crippen LogP contribution in [0.4, 0.5) is 5.69 Å². The van der Waals surface area contributed by atoms with Crippen molar-refractivity contribution in [2.24, 2.45) is 17.6 Å². The molecule has 1 aliphatic heterocycles. The summed E-state index contributed by atoms with van der Waals surface area (Å²) in [4.78, 5) is 65.2. The van der Waals surface area contributed by atoms with Crippen LogP contribution in [0.3, 0.4) is 0 Å². The van der Waals surface area contributed by atoms with Crippen molar-refractivity contribution in [3.8, 4) is 0 Å². The topological polar surface area (TPSA) is 139 Å². The quantitative estimate of drug-likeness (QED) is 0.175. The zero-order valence-electron chi connectivity index (χ0n) is 25.5. The van der Waals surface area contributed by atoms with E-state index in [-0.39, 0.29) is 48.2 Å². The highest BCUT2D eigenvalue weighted by molar-refractivity contribution is 6.03. The number of Topliss-reactive ketones (excluding diaryl/α,β-unsaturated/α-hetero) is 1. The summed E-state index contributed by atoms with van der Waals surface area (Å²) >= 11 is 0. The first-order valence-electron chi connectivity index (χ1n) is 15.5. The molecule has 1 heterocycles. The predicted molar refractivity (Wildman–Crippen MR) is 167 cm³/mol. The minimum atomic E-state index is -0.757. The molecule has 0 spiro atoms. The molecular formula is C34H46N4O5. The van der Waals surface area contributed by atoms with Crippen LogP contribution in [-0.2, 0) is 30.4 Å². The van der Waals surface area contributed by atoms with Crippen LogP contribution in [-0.4, -0.2) is 53.4 Å². The first kappa shape index (κ1) is 33.6. The molecule has 9 nitrogen and oxygen atoms in total. The van der Waals surface area contributed by atoms with Gasteiger partial charge in [0.15, 0.2) is 0 Å². The van der Waals surface area contributed by atoms with Gasteiger partial charge < -0.3 is 16.4 Å². The van der Waals surface area contributed by atoms with Gasteiger partial charge in [-0.15, -0.1) is 0 Å². The van der Waals surface area contributed by atoms with E-state index in [2.05, 4.69) is 10.6 Å². The first-order valence-corrected chi connectivity index (χ1v) is 15.5. The summed E-state index contributed by atoms with van der Waals surface area (Å²) in [6, 6.07) is 16.2. The highest BCUT2D eigenvalue weighted by atomic mass is 16.2. The van der Waals surface area contributed by atoms with Crippen molar-refractivity contribution in [1.29, 1.82) is 0 Å². The van der Waals surface area contributed by atoms with Gasteiger partial charge in [0.05, 0.1) is 0 Å². The maximum atomic E-state index is 13.6. The lowest BCUT2D eigenvalue weighted by Gasteiger charge is -2.23. The Morgan fingerprint density at radius 3 is 2.30 bits per heavy atom. The SMILES string of the molecule is Cc1ccc(NC(=O)[C@H](CCCCN)NC(=O)[C@@H](CC(=O)CCCCCN2C(=O)CC(C)C2=O)Cc2ccccc2)cc1. The summed E-state index contributed by atoms with van der Waals surface area (Å²) in [6.45, 7) is 4.61. The summed E-state index contributed by atoms with van der Waals surface area (Å²) in [5.41, 5.74) is 8.33. The van der Waals surface area contributed by atoms with Crippen molar-refractivity contribution in [3.05, 3.63) is 65.7 Å². The van der Waals surface area contributed by atoms with Crippen molar-refractivity contribution < 1.29 is 24.0 Å². The molecule has 1 fully saturated rings. The van der Waals surface area contributed by atoms with E-state index in [4.69, 9.17) is 5.73 Å². The summed E-state index contributed by atoms with van der Waals surface area (Å²) < 4.78 is 0. The Kier molecular flexibility index (Phi) is 13.5. The lowest BCUT2D eigenvalue weighted by molar-refractivity contribution is -0.139. The molecule has 0 bridgehead atoms. The van der Waals surface area contributed by atoms with Crippen LogP contribution in [0.15, 0.2) is 54.6 Å². The fourth-order valence-electron chi connectivity index (χ4n) is 5.30. The Morgan fingerprint density at radius 1 is 0.930 bits per heavy atom. The van der Waals surface area contributed by atoms with E-state index >= 15 is 0 Å². The molecule has 2 aromatic rings. The molecule has 3 atom stereocenters. The first-order chi connectivity index (χ1) is 20.7. The van der Waals surface area contributed by atoms with Crippen molar-refractivity contribution in [3.63, 3.8) is 0 Å². The van der Waals surface area contributed by atoms with E-state index in [1.807, 2.05) is 61.5 Å². The third-order valence-electron chi connectivity index (χ3n) is 7.88. The normalized spacial score (nSPS) is 16.2. The largest absolute Gasteiger partial charge is 0.344 e. The van der Waals surface area contributed by atoms with Gasteiger partial charge in [0.1, 0.15) is 11.8 Å². The molecule has 2 aromatic carbocycles. The molecule has 1 unspecified atom stereocenters. The third kappa shape index (κ3) is 11.1. The molecule has 232 valence electrons. The number of carbonyl (C=O) groups excluding carboxylic acids is 5. The number of imide groups is 1. The minimum Gasteiger partial charge on any atom is -0.344 e. The second kappa shape index (κ2) is 17.3. The molecule has 1 aliphatic rings. The summed E-state index contributed by atoms with van der Waals surface area (Å²) in [5, 5.41) is 5.84. The maximum Gasteiger partial charge on any atom is 0.246 e. The number of likely N-dealkylation sites (tertiary alicyclic amines) is 1. The third-order valence-corrected chi connectivity index (χ3v) is 7.88. The standard InChI is InChI=1S/C34H46N4O5/c1-24-15-17-28(18-16-24)36-33(42)30(14-8-9-19-35)37-32(41)27(22-26-11-5-3-6-12-26)23-29(39)13-7-4-10-20-38-31(40)21-25(2)34(38)43/h3,5-6,11-12,15-18,25,27,30H,4,7-10,13-14,19-23,35H2,1-2H3,(H,36,42)(H,37,41)/t25?,27-,30+/m1/s1. The molecular weight excluding hydrogens is 544 g/mol. The predicted octanol–water partition coefficient (Wildman–Crippen LogP) is 4.32. The number of amides is 4. The van der Waals surface area contributed by atoms with Crippen LogP contribution in [0.1, 0.15) is 75.8 Å². The van der Waals surface area contributed by atoms with Gasteiger partial charge in [-0.05, 0) is 69.7 Å². The molecule has 3 rings (SSSR count). The number of hydrogen-bond acceptors (Lipinski definition) is 6. The van der Waals surface area contributed by atoms with E-state index in [1.165, 1.54) is 4.90 Å². The Morgan fingerprint density at radius 2 is 1.65 bits per heavy atom. The fraction of sp³-hybridized carbons (Fsp3) is 0.500. The van der Waals surface area contributed by atoms with Crippen molar-refractivity contribution in [1.82, 2.24) is 10.2 Å². The molecule has 0 saturated carbocycles. The molecule has 1 saturated heterocycles. The van der Waals surface area contributed by atoms with Gasteiger partial charge in [-0.2, -0.15) is 0 Å². The number of aryl methyl sites for hydroxylation is 1. The average molecular weight is 591 g/mol. The second-order valence-electron chi connectivity index (χ2n) is 11.6. The zero-order chi connectivity index (χ0) is 31.2. The van der Waals surface area contributed by atoms with E-state index in [0.29, 0.717) is 63.7 Å². The number of nitrogens with two attached hydrogens (primary N) is 1. The molecule has 43 heavy (non-hydrogen) atoms. The lowest BCUT2D eigenvalue weighted by Crippen LogP contribution is -2.46. The highest BCUT2D eigenvalue weighted by Gasteiger charge is 2.34. The monoisotopic (exact) mass is 590 g/mol. The van der Waals surface area contributed by atoms with Crippen LogP contribution in [0.2, 0.25) is 0 Å². The van der Waals surface area contributed by atoms with Crippen LogP contribution < -0.4 is 16.4 Å². The van der Waals surface area contributed by atoms with Crippen LogP contribution in [0, 0.1) is 18.8 Å². The van der Waals surface area contributed by atoms with Gasteiger partial charge in [0, 0.05) is 43.3 Å². The van der Waals surface area contributed by atoms with Gasteiger partial charge in [0.25, 0.3) is 0 Å². The fourth-order valence-corrected chi connectivity index (χ4v) is 5.30. The number of nitrogens with one attached hydrogen (secondary N) is 2. The number of nitrogens with zero attached hydrogens (tertiary/aromatic N) is 1. The van der Waals surface area contributed by atoms with Crippen LogP contribution >= 0.6 is 0 Å². The zero-order valence-corrected chi connectivity index (χ0v) is 25.5. The summed E-state index contributed by atoms with van der Waals surface area (Å²) in [6.07, 6.45) is 4.84. The van der Waals surface area contributed by atoms with Gasteiger partial charge in [-0.3, -0.25) is 28.9 Å². The molecule has 9 heteroatoms. The molecule has 0 aliphatic carbocycles. The highest BCUT2D eigenvalue weighted by Crippen LogP contribution is 2.20. The van der Waals surface area contributed by atoms with Crippen LogP contribution in [0.25, 0.3) is 0 Å². The Balaban J connectivity index is 1.59. The second-order valence-corrected chi connectivity index (χ2v) is 11.6. The molecule has 0 aromatic heterocycles. The maximum absolute atomic E-state index is 13.6. The Hall–Kier alpha value is -3.85. The molecule has 0 radical (unpaired) electrons. The van der Waals surface area contributed by atoms with Gasteiger partial charge >= 0.3 is 0 Å². The number of anilines is 1. The van der Waals surface area contributed by atoms with Gasteiger partial charge in [-0.1, -0.05) is 61.4 Å². The number of unbranched alkanes of at least 4 members (excludes halogenated alkanes) is 3. The summed E-state index contributed by atoms with van der Waals surface area (Å²) in [5.74, 6) is -1.78. The number of benzene rings is 2. The smallest absolute Gasteiger partial charge is 0.246 e. The van der Waals surface area contributed by atoms with E-state index in [1.54, 1.807) is 6.92 Å². The van der Waals surface area contributed by atoms with Crippen molar-refractivity contribution in [2.75, 3.05) is 18.4 Å². The average Bonchev–Trinajstić information content (AvgIpc) is 3.23.